The molecule has 1 saturated heterocycles. The van der Waals surface area contributed by atoms with Crippen molar-refractivity contribution in [1.29, 1.82) is 5.26 Å². The van der Waals surface area contributed by atoms with Gasteiger partial charge in [0.1, 0.15) is 18.2 Å². The quantitative estimate of drug-likeness (QED) is 0.496. The van der Waals surface area contributed by atoms with Gasteiger partial charge in [-0.15, -0.1) is 0 Å². The summed E-state index contributed by atoms with van der Waals surface area (Å²) in [7, 11) is 0. The van der Waals surface area contributed by atoms with Crippen LogP contribution in [0.4, 0.5) is 14.5 Å². The molecule has 0 aliphatic carbocycles. The molecule has 0 amide bonds. The van der Waals surface area contributed by atoms with Gasteiger partial charge in [-0.3, -0.25) is 0 Å². The molecule has 0 aromatic heterocycles. The highest BCUT2D eigenvalue weighted by Gasteiger charge is 2.21. The van der Waals surface area contributed by atoms with Crippen molar-refractivity contribution in [2.45, 2.75) is 6.92 Å². The predicted molar refractivity (Wildman–Crippen MR) is 122 cm³/mol. The van der Waals surface area contributed by atoms with Gasteiger partial charge in [-0.05, 0) is 48.4 Å². The maximum absolute atomic E-state index is 14.4. The van der Waals surface area contributed by atoms with Gasteiger partial charge in [0.25, 0.3) is 0 Å². The van der Waals surface area contributed by atoms with E-state index < -0.39 is 11.6 Å². The van der Waals surface area contributed by atoms with Crippen LogP contribution in [0.2, 0.25) is 0 Å². The van der Waals surface area contributed by atoms with Gasteiger partial charge in [0.05, 0.1) is 6.07 Å². The molecule has 1 aliphatic heterocycles. The summed E-state index contributed by atoms with van der Waals surface area (Å²) >= 11 is 0. The first-order valence-electron chi connectivity index (χ1n) is 10.1. The van der Waals surface area contributed by atoms with E-state index >= 15 is 0 Å². The molecular formula is C25H26F2N4. The van der Waals surface area contributed by atoms with Gasteiger partial charge in [0, 0.05) is 60.5 Å². The van der Waals surface area contributed by atoms with Crippen LogP contribution in [0, 0.1) is 29.9 Å². The van der Waals surface area contributed by atoms with E-state index in [1.54, 1.807) is 12.1 Å². The molecule has 160 valence electrons. The summed E-state index contributed by atoms with van der Waals surface area (Å²) in [5.74, 6) is -1.25. The monoisotopic (exact) mass is 420 g/mol. The first kappa shape index (κ1) is 22.1. The van der Waals surface area contributed by atoms with Crippen LogP contribution >= 0.6 is 0 Å². The molecule has 4 nitrogen and oxygen atoms in total. The number of aryl methyl sites for hydroxylation is 1. The first-order valence-corrected chi connectivity index (χ1v) is 10.1. The molecule has 1 fully saturated rings. The van der Waals surface area contributed by atoms with Crippen molar-refractivity contribution in [3.63, 3.8) is 0 Å². The Bertz CT molecular complexity index is 1060. The number of nitrogens with one attached hydrogen (secondary N) is 1. The lowest BCUT2D eigenvalue weighted by molar-refractivity contribution is 0.219. The Morgan fingerprint density at radius 3 is 2.39 bits per heavy atom. The number of nitrogens with zero attached hydrogens (tertiary/aromatic N) is 3. The molecule has 0 bridgehead atoms. The summed E-state index contributed by atoms with van der Waals surface area (Å²) < 4.78 is 27.8. The van der Waals surface area contributed by atoms with Crippen LogP contribution in [0.3, 0.4) is 0 Å². The molecule has 2 aromatic carbocycles. The fourth-order valence-electron chi connectivity index (χ4n) is 3.79. The molecule has 6 heteroatoms. The zero-order valence-corrected chi connectivity index (χ0v) is 17.7. The van der Waals surface area contributed by atoms with E-state index in [1.165, 1.54) is 12.1 Å². The molecule has 1 N–H and O–H groups in total. The Labute approximate surface area is 182 Å². The number of allylic oxidation sites excluding steroid dienone is 1. The fraction of sp³-hybridized carbons (Fsp3) is 0.240. The summed E-state index contributed by atoms with van der Waals surface area (Å²) in [5.41, 5.74) is 5.07. The molecule has 0 spiro atoms. The minimum absolute atomic E-state index is 0.0988. The first-order chi connectivity index (χ1) is 14.8. The summed E-state index contributed by atoms with van der Waals surface area (Å²) in [5, 5.41) is 12.2. The van der Waals surface area contributed by atoms with E-state index in [0.717, 1.165) is 54.8 Å². The molecule has 1 aliphatic rings. The molecular weight excluding hydrogens is 394 g/mol. The minimum Gasteiger partial charge on any atom is -0.372 e. The highest BCUT2D eigenvalue weighted by atomic mass is 19.1. The molecule has 0 saturated carbocycles. The number of hydrogen-bond acceptors (Lipinski definition) is 4. The third kappa shape index (κ3) is 4.77. The number of benzene rings is 2. The van der Waals surface area contributed by atoms with Gasteiger partial charge in [-0.25, -0.2) is 8.78 Å². The van der Waals surface area contributed by atoms with Gasteiger partial charge in [0.15, 0.2) is 0 Å². The lowest BCUT2D eigenvalue weighted by Gasteiger charge is -2.38. The Morgan fingerprint density at radius 1 is 1.10 bits per heavy atom. The average Bonchev–Trinajstić information content (AvgIpc) is 2.77. The van der Waals surface area contributed by atoms with E-state index in [9.17, 15) is 8.78 Å². The van der Waals surface area contributed by atoms with Crippen molar-refractivity contribution >= 4 is 11.4 Å². The van der Waals surface area contributed by atoms with E-state index in [2.05, 4.69) is 40.9 Å². The van der Waals surface area contributed by atoms with Crippen LogP contribution in [0.1, 0.15) is 11.1 Å². The zero-order valence-electron chi connectivity index (χ0n) is 17.7. The number of piperazine rings is 1. The molecule has 31 heavy (non-hydrogen) atoms. The van der Waals surface area contributed by atoms with Gasteiger partial charge < -0.3 is 15.1 Å². The van der Waals surface area contributed by atoms with E-state index in [-0.39, 0.29) is 6.54 Å². The van der Waals surface area contributed by atoms with Crippen LogP contribution in [0.5, 0.6) is 0 Å². The lowest BCUT2D eigenvalue weighted by Crippen LogP contribution is -2.44. The highest BCUT2D eigenvalue weighted by molar-refractivity contribution is 5.82. The Kier molecular flexibility index (Phi) is 6.76. The Morgan fingerprint density at radius 2 is 1.77 bits per heavy atom. The third-order valence-electron chi connectivity index (χ3n) is 5.56. The molecule has 0 unspecified atom stereocenters. The van der Waals surface area contributed by atoms with Gasteiger partial charge in [-0.2, -0.15) is 5.26 Å². The maximum atomic E-state index is 14.4. The summed E-state index contributed by atoms with van der Waals surface area (Å²) in [6, 6.07) is 9.37. The molecule has 0 radical (unpaired) electrons. The van der Waals surface area contributed by atoms with Crippen molar-refractivity contribution in [2.24, 2.45) is 0 Å². The van der Waals surface area contributed by atoms with Crippen LogP contribution in [0.25, 0.3) is 16.8 Å². The predicted octanol–water partition coefficient (Wildman–Crippen LogP) is 5.16. The average molecular weight is 421 g/mol. The fourth-order valence-corrected chi connectivity index (χ4v) is 3.79. The number of rotatable bonds is 7. The molecule has 0 atom stereocenters. The van der Waals surface area contributed by atoms with E-state index in [4.69, 9.17) is 5.26 Å². The van der Waals surface area contributed by atoms with Gasteiger partial charge >= 0.3 is 0 Å². The summed E-state index contributed by atoms with van der Waals surface area (Å²) in [6.07, 6.45) is 1.76. The van der Waals surface area contributed by atoms with Crippen molar-refractivity contribution in [2.75, 3.05) is 38.0 Å². The van der Waals surface area contributed by atoms with E-state index in [0.29, 0.717) is 16.8 Å². The Hall–Kier alpha value is -3.59. The second-order valence-electron chi connectivity index (χ2n) is 7.46. The van der Waals surface area contributed by atoms with Crippen molar-refractivity contribution in [3.05, 3.63) is 84.6 Å². The topological polar surface area (TPSA) is 42.3 Å². The molecule has 2 aromatic rings. The minimum atomic E-state index is -0.625. The highest BCUT2D eigenvalue weighted by Crippen LogP contribution is 2.35. The standard InChI is InChI=1S/C25H26F2N4/c1-5-18(3)30-10-12-31(13-11-30)19(4)23-14-17(2)22(16-25(23)29-9-8-28)21-7-6-20(26)15-24(21)27/h5-7,14-16,29H,1,3-4,9-13H2,2H3. The van der Waals surface area contributed by atoms with E-state index in [1.807, 2.05) is 13.0 Å². The Balaban J connectivity index is 1.93. The number of nitriles is 1. The van der Waals surface area contributed by atoms with Crippen LogP contribution in [-0.2, 0) is 0 Å². The van der Waals surface area contributed by atoms with Crippen molar-refractivity contribution in [3.8, 4) is 17.2 Å². The molecule has 3 rings (SSSR count). The third-order valence-corrected chi connectivity index (χ3v) is 5.56. The largest absolute Gasteiger partial charge is 0.372 e. The summed E-state index contributed by atoms with van der Waals surface area (Å²) in [6.45, 7) is 17.2. The number of hydrogen-bond donors (Lipinski definition) is 1. The van der Waals surface area contributed by atoms with Crippen LogP contribution < -0.4 is 5.32 Å². The zero-order chi connectivity index (χ0) is 22.5. The van der Waals surface area contributed by atoms with Gasteiger partial charge in [0.2, 0.25) is 0 Å². The SMILES string of the molecule is C=CC(=C)N1CCN(C(=C)c2cc(C)c(-c3ccc(F)cc3F)cc2NCC#N)CC1. The number of halogens is 2. The smallest absolute Gasteiger partial charge is 0.133 e. The van der Waals surface area contributed by atoms with Gasteiger partial charge in [-0.1, -0.05) is 19.7 Å². The maximum Gasteiger partial charge on any atom is 0.133 e. The lowest BCUT2D eigenvalue weighted by atomic mass is 9.95. The number of anilines is 1. The summed E-state index contributed by atoms with van der Waals surface area (Å²) in [4.78, 5) is 4.37. The van der Waals surface area contributed by atoms with Crippen LogP contribution in [-0.4, -0.2) is 42.5 Å². The van der Waals surface area contributed by atoms with Crippen LogP contribution in [0.15, 0.2) is 61.8 Å². The second kappa shape index (κ2) is 9.48. The molecule has 1 heterocycles. The van der Waals surface area contributed by atoms with Crippen molar-refractivity contribution in [1.82, 2.24) is 9.80 Å². The van der Waals surface area contributed by atoms with Crippen molar-refractivity contribution < 1.29 is 8.78 Å². The second-order valence-corrected chi connectivity index (χ2v) is 7.46. The normalized spacial score (nSPS) is 13.5.